The molecule has 1 N–H and O–H groups in total. The van der Waals surface area contributed by atoms with Crippen LogP contribution in [0.25, 0.3) is 6.08 Å². The van der Waals surface area contributed by atoms with Crippen LogP contribution in [-0.2, 0) is 16.1 Å². The number of rotatable bonds is 8. The van der Waals surface area contributed by atoms with Gasteiger partial charge >= 0.3 is 0 Å². The highest BCUT2D eigenvalue weighted by Gasteiger charge is 2.43. The molecule has 29 heavy (non-hydrogen) atoms. The van der Waals surface area contributed by atoms with E-state index in [-0.39, 0.29) is 5.57 Å². The summed E-state index contributed by atoms with van der Waals surface area (Å²) in [6, 6.07) is 6.57. The molecule has 4 rings (SSSR count). The van der Waals surface area contributed by atoms with Gasteiger partial charge in [0, 0.05) is 30.4 Å². The van der Waals surface area contributed by atoms with Gasteiger partial charge in [0.15, 0.2) is 11.5 Å². The number of amides is 1. The van der Waals surface area contributed by atoms with Gasteiger partial charge in [-0.25, -0.2) is 4.98 Å². The molecule has 0 fully saturated rings. The number of furan rings is 1. The minimum atomic E-state index is -0.598. The standard InChI is InChI=1S/C21H19N3O4S/c25-16(7-6-15-4-1-12-28-15)18-19(17-5-2-13-29-17)24(21(27)20(18)26)10-3-9-23-11-8-22-14-23/h1-2,4-8,11-14,19,26H,3,9-10H2. The molecule has 1 aliphatic rings. The van der Waals surface area contributed by atoms with E-state index in [1.54, 1.807) is 29.6 Å². The number of ketones is 1. The number of aliphatic hydroxyl groups is 1. The number of hydrogen-bond donors (Lipinski definition) is 1. The lowest BCUT2D eigenvalue weighted by molar-refractivity contribution is -0.129. The molecule has 0 aromatic carbocycles. The van der Waals surface area contributed by atoms with Crippen LogP contribution >= 0.6 is 11.3 Å². The zero-order chi connectivity index (χ0) is 20.2. The zero-order valence-corrected chi connectivity index (χ0v) is 16.3. The zero-order valence-electron chi connectivity index (χ0n) is 15.5. The van der Waals surface area contributed by atoms with E-state index in [9.17, 15) is 14.7 Å². The molecule has 0 spiro atoms. The second-order valence-electron chi connectivity index (χ2n) is 6.55. The van der Waals surface area contributed by atoms with Gasteiger partial charge in [0.2, 0.25) is 0 Å². The molecular formula is C21H19N3O4S. The predicted octanol–water partition coefficient (Wildman–Crippen LogP) is 3.61. The van der Waals surface area contributed by atoms with Gasteiger partial charge in [-0.3, -0.25) is 9.59 Å². The van der Waals surface area contributed by atoms with Crippen molar-refractivity contribution in [3.8, 4) is 0 Å². The van der Waals surface area contributed by atoms with E-state index in [0.717, 1.165) is 4.88 Å². The van der Waals surface area contributed by atoms with Crippen molar-refractivity contribution in [1.82, 2.24) is 14.5 Å². The van der Waals surface area contributed by atoms with Gasteiger partial charge in [-0.1, -0.05) is 6.07 Å². The highest BCUT2D eigenvalue weighted by Crippen LogP contribution is 2.39. The van der Waals surface area contributed by atoms with Crippen molar-refractivity contribution in [2.24, 2.45) is 0 Å². The van der Waals surface area contributed by atoms with Crippen molar-refractivity contribution in [2.45, 2.75) is 19.0 Å². The van der Waals surface area contributed by atoms with Crippen molar-refractivity contribution in [3.05, 3.63) is 82.7 Å². The van der Waals surface area contributed by atoms with Gasteiger partial charge in [-0.05, 0) is 42.2 Å². The van der Waals surface area contributed by atoms with Gasteiger partial charge < -0.3 is 19.0 Å². The number of aryl methyl sites for hydroxylation is 1. The summed E-state index contributed by atoms with van der Waals surface area (Å²) in [7, 11) is 0. The molecule has 1 unspecified atom stereocenters. The fourth-order valence-corrected chi connectivity index (χ4v) is 4.20. The van der Waals surface area contributed by atoms with Crippen molar-refractivity contribution < 1.29 is 19.1 Å². The number of carbonyl (C=O) groups excluding carboxylic acids is 2. The van der Waals surface area contributed by atoms with E-state index in [4.69, 9.17) is 4.42 Å². The Morgan fingerprint density at radius 2 is 2.21 bits per heavy atom. The number of imidazole rings is 1. The highest BCUT2D eigenvalue weighted by molar-refractivity contribution is 7.10. The number of allylic oxidation sites excluding steroid dienone is 1. The van der Waals surface area contributed by atoms with Gasteiger partial charge in [-0.15, -0.1) is 11.3 Å². The SMILES string of the molecule is O=C(C=Cc1ccco1)C1=C(O)C(=O)N(CCCn2ccnc2)C1c1cccs1. The van der Waals surface area contributed by atoms with E-state index < -0.39 is 23.5 Å². The second-order valence-corrected chi connectivity index (χ2v) is 7.53. The summed E-state index contributed by atoms with van der Waals surface area (Å²) in [5.41, 5.74) is 0.0999. The molecule has 0 radical (unpaired) electrons. The minimum Gasteiger partial charge on any atom is -0.503 e. The van der Waals surface area contributed by atoms with Gasteiger partial charge in [0.05, 0.1) is 24.2 Å². The second kappa shape index (κ2) is 8.32. The Labute approximate surface area is 171 Å². The van der Waals surface area contributed by atoms with Crippen LogP contribution in [0.1, 0.15) is 23.1 Å². The maximum Gasteiger partial charge on any atom is 0.290 e. The molecule has 0 bridgehead atoms. The Bertz CT molecular complexity index is 1030. The molecular weight excluding hydrogens is 390 g/mol. The lowest BCUT2D eigenvalue weighted by atomic mass is 10.0. The maximum absolute atomic E-state index is 12.9. The molecule has 0 saturated heterocycles. The average Bonchev–Trinajstić information content (AvgIpc) is 3.51. The van der Waals surface area contributed by atoms with Gasteiger partial charge in [-0.2, -0.15) is 0 Å². The van der Waals surface area contributed by atoms with Crippen molar-refractivity contribution >= 4 is 29.1 Å². The van der Waals surface area contributed by atoms with Crippen LogP contribution in [0.5, 0.6) is 0 Å². The van der Waals surface area contributed by atoms with E-state index in [1.165, 1.54) is 29.8 Å². The quantitative estimate of drug-likeness (QED) is 0.574. The Kier molecular flexibility index (Phi) is 5.44. The predicted molar refractivity (Wildman–Crippen MR) is 108 cm³/mol. The normalized spacial score (nSPS) is 17.0. The summed E-state index contributed by atoms with van der Waals surface area (Å²) in [4.78, 5) is 32.0. The molecule has 4 heterocycles. The van der Waals surface area contributed by atoms with Crippen LogP contribution < -0.4 is 0 Å². The maximum atomic E-state index is 12.9. The monoisotopic (exact) mass is 409 g/mol. The lowest BCUT2D eigenvalue weighted by Gasteiger charge is -2.25. The molecule has 7 nitrogen and oxygen atoms in total. The molecule has 1 amide bonds. The first-order valence-electron chi connectivity index (χ1n) is 9.14. The number of thiophene rings is 1. The largest absolute Gasteiger partial charge is 0.503 e. The van der Waals surface area contributed by atoms with Crippen LogP contribution in [-0.4, -0.2) is 37.8 Å². The van der Waals surface area contributed by atoms with Crippen LogP contribution in [0.15, 0.2) is 76.5 Å². The van der Waals surface area contributed by atoms with Gasteiger partial charge in [0.1, 0.15) is 5.76 Å². The fourth-order valence-electron chi connectivity index (χ4n) is 3.35. The molecule has 0 saturated carbocycles. The molecule has 0 aliphatic carbocycles. The molecule has 8 heteroatoms. The number of aromatic nitrogens is 2. The highest BCUT2D eigenvalue weighted by atomic mass is 32.1. The first-order valence-corrected chi connectivity index (χ1v) is 10.0. The molecule has 1 atom stereocenters. The van der Waals surface area contributed by atoms with Crippen LogP contribution in [0.4, 0.5) is 0 Å². The van der Waals surface area contributed by atoms with Crippen LogP contribution in [0, 0.1) is 0 Å². The number of carbonyl (C=O) groups is 2. The van der Waals surface area contributed by atoms with E-state index in [1.807, 2.05) is 28.3 Å². The Hall–Kier alpha value is -3.39. The van der Waals surface area contributed by atoms with Gasteiger partial charge in [0.25, 0.3) is 5.91 Å². The Morgan fingerprint density at radius 3 is 2.90 bits per heavy atom. The molecule has 3 aromatic rings. The molecule has 1 aliphatic heterocycles. The Morgan fingerprint density at radius 1 is 1.31 bits per heavy atom. The smallest absolute Gasteiger partial charge is 0.290 e. The Balaban J connectivity index is 1.57. The third-order valence-electron chi connectivity index (χ3n) is 4.70. The molecule has 3 aromatic heterocycles. The first kappa shape index (κ1) is 18.9. The number of hydrogen-bond acceptors (Lipinski definition) is 6. The van der Waals surface area contributed by atoms with Crippen molar-refractivity contribution in [1.29, 1.82) is 0 Å². The summed E-state index contributed by atoms with van der Waals surface area (Å²) >= 11 is 1.45. The van der Waals surface area contributed by atoms with Crippen LogP contribution in [0.2, 0.25) is 0 Å². The van der Waals surface area contributed by atoms with E-state index >= 15 is 0 Å². The first-order chi connectivity index (χ1) is 14.1. The van der Waals surface area contributed by atoms with E-state index in [2.05, 4.69) is 4.98 Å². The minimum absolute atomic E-state index is 0.0999. The summed E-state index contributed by atoms with van der Waals surface area (Å²) in [5, 5.41) is 12.4. The number of aliphatic hydroxyl groups excluding tert-OH is 1. The van der Waals surface area contributed by atoms with Crippen molar-refractivity contribution in [3.63, 3.8) is 0 Å². The summed E-state index contributed by atoms with van der Waals surface area (Å²) < 4.78 is 7.13. The lowest BCUT2D eigenvalue weighted by Crippen LogP contribution is -2.32. The summed E-state index contributed by atoms with van der Waals surface area (Å²) in [5.74, 6) is -0.903. The summed E-state index contributed by atoms with van der Waals surface area (Å²) in [6.45, 7) is 1.09. The van der Waals surface area contributed by atoms with Crippen LogP contribution in [0.3, 0.4) is 0 Å². The number of nitrogens with zero attached hydrogens (tertiary/aromatic N) is 3. The molecule has 148 valence electrons. The van der Waals surface area contributed by atoms with E-state index in [0.29, 0.717) is 25.3 Å². The third-order valence-corrected chi connectivity index (χ3v) is 5.62. The topological polar surface area (TPSA) is 88.6 Å². The third kappa shape index (κ3) is 3.93. The van der Waals surface area contributed by atoms with Crippen molar-refractivity contribution in [2.75, 3.05) is 6.54 Å². The summed E-state index contributed by atoms with van der Waals surface area (Å²) in [6.07, 6.45) is 10.3. The fraction of sp³-hybridized carbons (Fsp3) is 0.190. The average molecular weight is 409 g/mol.